The van der Waals surface area contributed by atoms with Gasteiger partial charge >= 0.3 is 0 Å². The molecule has 2 aromatic carbocycles. The zero-order valence-corrected chi connectivity index (χ0v) is 16.8. The fraction of sp³-hybridized carbons (Fsp3) is 0.143. The molecule has 0 aliphatic heterocycles. The Morgan fingerprint density at radius 2 is 1.77 bits per heavy atom. The van der Waals surface area contributed by atoms with E-state index in [4.69, 9.17) is 10.1 Å². The Kier molecular flexibility index (Phi) is 6.47. The van der Waals surface area contributed by atoms with Crippen molar-refractivity contribution >= 4 is 27.7 Å². The van der Waals surface area contributed by atoms with Gasteiger partial charge in [-0.3, -0.25) is 0 Å². The Hall–Kier alpha value is -2.11. The predicted molar refractivity (Wildman–Crippen MR) is 113 cm³/mol. The third kappa shape index (κ3) is 4.54. The molecule has 0 aliphatic rings. The van der Waals surface area contributed by atoms with Gasteiger partial charge in [-0.25, -0.2) is 9.67 Å². The first-order valence-corrected chi connectivity index (χ1v) is 10.0. The summed E-state index contributed by atoms with van der Waals surface area (Å²) in [6.45, 7) is 8.36. The summed E-state index contributed by atoms with van der Waals surface area (Å²) in [7, 11) is 0. The molecule has 0 saturated carbocycles. The first-order valence-electron chi connectivity index (χ1n) is 8.35. The molecule has 3 rings (SSSR count). The number of allylic oxidation sites excluding steroid dienone is 2. The molecule has 0 amide bonds. The highest BCUT2D eigenvalue weighted by Gasteiger charge is 2.17. The molecule has 26 heavy (non-hydrogen) atoms. The molecule has 0 saturated heterocycles. The van der Waals surface area contributed by atoms with Crippen LogP contribution in [-0.4, -0.2) is 14.8 Å². The second-order valence-electron chi connectivity index (χ2n) is 5.74. The molecule has 1 atom stereocenters. The Bertz CT molecular complexity index is 872. The van der Waals surface area contributed by atoms with Crippen LogP contribution in [0.1, 0.15) is 17.2 Å². The number of thioether (sulfide) groups is 1. The molecule has 3 aromatic rings. The average Bonchev–Trinajstić information content (AvgIpc) is 3.05. The number of hydrogen-bond acceptors (Lipinski definition) is 3. The molecule has 0 aliphatic carbocycles. The maximum absolute atomic E-state index is 4.79. The second kappa shape index (κ2) is 9.01. The number of nitrogens with zero attached hydrogens (tertiary/aromatic N) is 3. The number of rotatable bonds is 8. The van der Waals surface area contributed by atoms with Crippen LogP contribution in [0.4, 0.5) is 0 Å². The number of aromatic nitrogens is 3. The van der Waals surface area contributed by atoms with Gasteiger partial charge in [-0.2, -0.15) is 0 Å². The zero-order chi connectivity index (χ0) is 18.4. The summed E-state index contributed by atoms with van der Waals surface area (Å²) in [4.78, 5) is 4.79. The van der Waals surface area contributed by atoms with Crippen LogP contribution in [0.2, 0.25) is 0 Å². The molecule has 132 valence electrons. The molecule has 0 N–H and O–H groups in total. The van der Waals surface area contributed by atoms with E-state index in [0.29, 0.717) is 6.54 Å². The van der Waals surface area contributed by atoms with E-state index in [1.54, 1.807) is 11.8 Å². The molecule has 0 radical (unpaired) electrons. The summed E-state index contributed by atoms with van der Waals surface area (Å²) in [6, 6.07) is 18.5. The molecule has 5 heteroatoms. The molecule has 3 nitrogen and oxygen atoms in total. The van der Waals surface area contributed by atoms with Gasteiger partial charge in [0.15, 0.2) is 5.82 Å². The van der Waals surface area contributed by atoms with Crippen molar-refractivity contribution in [3.05, 3.63) is 89.9 Å². The quantitative estimate of drug-likeness (QED) is 0.313. The lowest BCUT2D eigenvalue weighted by atomic mass is 10.1. The van der Waals surface area contributed by atoms with Crippen molar-refractivity contribution in [2.45, 2.75) is 23.4 Å². The van der Waals surface area contributed by atoms with Crippen molar-refractivity contribution in [3.63, 3.8) is 0 Å². The Balaban J connectivity index is 1.92. The Morgan fingerprint density at radius 1 is 1.04 bits per heavy atom. The van der Waals surface area contributed by atoms with Crippen molar-refractivity contribution in [1.82, 2.24) is 14.8 Å². The highest BCUT2D eigenvalue weighted by atomic mass is 79.9. The third-order valence-electron chi connectivity index (χ3n) is 3.86. The first kappa shape index (κ1) is 18.7. The van der Waals surface area contributed by atoms with E-state index in [1.807, 2.05) is 47.2 Å². The predicted octanol–water partition coefficient (Wildman–Crippen LogP) is 6.30. The van der Waals surface area contributed by atoms with Crippen LogP contribution >= 0.6 is 27.7 Å². The maximum Gasteiger partial charge on any atom is 0.209 e. The molecule has 1 unspecified atom stereocenters. The molecule has 1 heterocycles. The van der Waals surface area contributed by atoms with Gasteiger partial charge < -0.3 is 0 Å². The van der Waals surface area contributed by atoms with Crippen LogP contribution in [0.3, 0.4) is 0 Å². The van der Waals surface area contributed by atoms with Gasteiger partial charge in [-0.15, -0.1) is 18.3 Å². The van der Waals surface area contributed by atoms with Crippen molar-refractivity contribution in [2.75, 3.05) is 0 Å². The van der Waals surface area contributed by atoms with Crippen LogP contribution in [-0.2, 0) is 6.54 Å². The van der Waals surface area contributed by atoms with E-state index < -0.39 is 0 Å². The maximum atomic E-state index is 4.79. The van der Waals surface area contributed by atoms with Crippen molar-refractivity contribution in [3.8, 4) is 11.4 Å². The van der Waals surface area contributed by atoms with Gasteiger partial charge in [0.2, 0.25) is 5.16 Å². The summed E-state index contributed by atoms with van der Waals surface area (Å²) in [6.07, 6.45) is 4.64. The lowest BCUT2D eigenvalue weighted by Gasteiger charge is -2.12. The largest absolute Gasteiger partial charge is 0.241 e. The van der Waals surface area contributed by atoms with Crippen molar-refractivity contribution in [1.29, 1.82) is 0 Å². The van der Waals surface area contributed by atoms with Crippen molar-refractivity contribution in [2.24, 2.45) is 0 Å². The topological polar surface area (TPSA) is 30.7 Å². The Labute approximate surface area is 167 Å². The van der Waals surface area contributed by atoms with Crippen LogP contribution in [0.15, 0.2) is 89.5 Å². The second-order valence-corrected chi connectivity index (χ2v) is 7.82. The van der Waals surface area contributed by atoms with E-state index in [9.17, 15) is 0 Å². The normalized spacial score (nSPS) is 11.9. The summed E-state index contributed by atoms with van der Waals surface area (Å²) < 4.78 is 2.94. The van der Waals surface area contributed by atoms with Gasteiger partial charge in [-0.05, 0) is 24.1 Å². The summed E-state index contributed by atoms with van der Waals surface area (Å²) in [5.41, 5.74) is 2.29. The summed E-state index contributed by atoms with van der Waals surface area (Å²) in [5.74, 6) is 0.852. The fourth-order valence-corrected chi connectivity index (χ4v) is 3.96. The Morgan fingerprint density at radius 3 is 2.42 bits per heavy atom. The molecule has 0 fully saturated rings. The van der Waals surface area contributed by atoms with Gasteiger partial charge in [-0.1, -0.05) is 82.3 Å². The van der Waals surface area contributed by atoms with Crippen LogP contribution in [0, 0.1) is 0 Å². The highest BCUT2D eigenvalue weighted by molar-refractivity contribution is 9.10. The van der Waals surface area contributed by atoms with E-state index in [0.717, 1.165) is 27.4 Å². The smallest absolute Gasteiger partial charge is 0.209 e. The zero-order valence-electron chi connectivity index (χ0n) is 14.4. The van der Waals surface area contributed by atoms with Gasteiger partial charge in [0.05, 0.1) is 6.54 Å². The van der Waals surface area contributed by atoms with Gasteiger partial charge in [0.1, 0.15) is 0 Å². The minimum absolute atomic E-state index is 0.242. The van der Waals surface area contributed by atoms with Crippen LogP contribution < -0.4 is 0 Å². The van der Waals surface area contributed by atoms with Gasteiger partial charge in [0.25, 0.3) is 0 Å². The third-order valence-corrected chi connectivity index (χ3v) is 5.52. The summed E-state index contributed by atoms with van der Waals surface area (Å²) in [5, 5.41) is 5.70. The lowest BCUT2D eigenvalue weighted by Crippen LogP contribution is -2.00. The average molecular weight is 426 g/mol. The van der Waals surface area contributed by atoms with E-state index in [1.165, 1.54) is 5.56 Å². The molecule has 0 spiro atoms. The van der Waals surface area contributed by atoms with E-state index in [2.05, 4.69) is 53.4 Å². The standard InChI is InChI=1S/C21H20BrN3S/c1-3-8-19(16-9-6-5-7-10-16)26-21-23-20(25(24-21)15-4-2)17-11-13-18(22)14-12-17/h3-7,9-14,19H,1-2,8,15H2. The molecule has 1 aromatic heterocycles. The minimum atomic E-state index is 0.242. The first-order chi connectivity index (χ1) is 12.7. The number of hydrogen-bond donors (Lipinski definition) is 0. The SMILES string of the molecule is C=CCC(Sc1nc(-c2ccc(Br)cc2)n(CC=C)n1)c1ccccc1. The summed E-state index contributed by atoms with van der Waals surface area (Å²) >= 11 is 5.14. The number of halogens is 1. The highest BCUT2D eigenvalue weighted by Crippen LogP contribution is 2.37. The van der Waals surface area contributed by atoms with Crippen LogP contribution in [0.25, 0.3) is 11.4 Å². The fourth-order valence-electron chi connectivity index (χ4n) is 2.63. The number of benzene rings is 2. The van der Waals surface area contributed by atoms with E-state index in [-0.39, 0.29) is 5.25 Å². The lowest BCUT2D eigenvalue weighted by molar-refractivity contribution is 0.686. The molecular weight excluding hydrogens is 406 g/mol. The van der Waals surface area contributed by atoms with Crippen molar-refractivity contribution < 1.29 is 0 Å². The monoisotopic (exact) mass is 425 g/mol. The van der Waals surface area contributed by atoms with E-state index >= 15 is 0 Å². The van der Waals surface area contributed by atoms with Crippen LogP contribution in [0.5, 0.6) is 0 Å². The van der Waals surface area contributed by atoms with Gasteiger partial charge in [0, 0.05) is 15.3 Å². The molecule has 0 bridgehead atoms. The molecular formula is C21H20BrN3S. The minimum Gasteiger partial charge on any atom is -0.241 e.